The molecule has 62 heavy (non-hydrogen) atoms. The van der Waals surface area contributed by atoms with Crippen LogP contribution in [-0.4, -0.2) is 127 Å². The fourth-order valence-electron chi connectivity index (χ4n) is 8.48. The third-order valence-corrected chi connectivity index (χ3v) is 11.9. The number of hydrogen-bond acceptors (Lipinski definition) is 1. The molecule has 0 bridgehead atoms. The van der Waals surface area contributed by atoms with Crippen molar-refractivity contribution in [3.05, 3.63) is 91.0 Å². The lowest BCUT2D eigenvalue weighted by molar-refractivity contribution is 1.11. The lowest BCUT2D eigenvalue weighted by Crippen LogP contribution is -2.55. The number of rotatable bonds is 5. The second kappa shape index (κ2) is 15.5. The quantitative estimate of drug-likeness (QED) is 0.127. The van der Waals surface area contributed by atoms with Crippen LogP contribution in [0.1, 0.15) is 0 Å². The van der Waals surface area contributed by atoms with Gasteiger partial charge in [0.15, 0.2) is 0 Å². The van der Waals surface area contributed by atoms with Crippen LogP contribution in [0.15, 0.2) is 91.0 Å². The highest BCUT2D eigenvalue weighted by Crippen LogP contribution is 2.43. The third-order valence-electron chi connectivity index (χ3n) is 11.9. The van der Waals surface area contributed by atoms with Gasteiger partial charge in [-0.05, 0) is 85.3 Å². The lowest BCUT2D eigenvalue weighted by atomic mass is 9.58. The summed E-state index contributed by atoms with van der Waals surface area (Å²) < 4.78 is 1.94. The van der Waals surface area contributed by atoms with Gasteiger partial charge in [-0.1, -0.05) is 93.4 Å². The van der Waals surface area contributed by atoms with Crippen molar-refractivity contribution in [2.24, 2.45) is 0 Å². The van der Waals surface area contributed by atoms with Gasteiger partial charge in [-0.3, -0.25) is 4.57 Å². The molecule has 1 aromatic heterocycles. The summed E-state index contributed by atoms with van der Waals surface area (Å²) in [4.78, 5) is 4.93. The highest BCUT2D eigenvalue weighted by Gasteiger charge is 2.24. The molecule has 8 aromatic carbocycles. The molecule has 0 fully saturated rings. The van der Waals surface area contributed by atoms with E-state index in [-0.39, 0.29) is 81.9 Å². The first kappa shape index (κ1) is 42.0. The van der Waals surface area contributed by atoms with Gasteiger partial charge in [0.1, 0.15) is 124 Å². The largest absolute Gasteiger partial charge is 0.292 e. The minimum Gasteiger partial charge on any atom is -0.292 e. The van der Waals surface area contributed by atoms with Crippen LogP contribution in [0.2, 0.25) is 0 Å². The summed E-state index contributed by atoms with van der Waals surface area (Å²) in [6.07, 6.45) is 0. The minimum atomic E-state index is 0.0886. The zero-order valence-corrected chi connectivity index (χ0v) is 33.2. The number of para-hydroxylation sites is 2. The molecule has 2 nitrogen and oxygen atoms in total. The van der Waals surface area contributed by atoms with Gasteiger partial charge in [-0.2, -0.15) is 0 Å². The van der Waals surface area contributed by atoms with E-state index in [1.54, 1.807) is 0 Å². The summed E-state index contributed by atoms with van der Waals surface area (Å²) in [7, 11) is 97.4. The van der Waals surface area contributed by atoms with Gasteiger partial charge in [0.2, 0.25) is 0 Å². The van der Waals surface area contributed by atoms with Crippen LogP contribution in [0.3, 0.4) is 0 Å². The van der Waals surface area contributed by atoms with Crippen molar-refractivity contribution in [3.63, 3.8) is 0 Å². The van der Waals surface area contributed by atoms with Crippen LogP contribution in [0, 0.1) is 0 Å². The van der Waals surface area contributed by atoms with Crippen LogP contribution >= 0.6 is 0 Å². The van der Waals surface area contributed by atoms with Gasteiger partial charge >= 0.3 is 0 Å². The second-order valence-corrected chi connectivity index (χ2v) is 15.2. The van der Waals surface area contributed by atoms with Crippen LogP contribution in [-0.2, 0) is 0 Å². The van der Waals surface area contributed by atoms with Crippen LogP contribution < -0.4 is 81.9 Å². The molecule has 0 aliphatic rings. The zero-order valence-electron chi connectivity index (χ0n) is 33.2. The Morgan fingerprint density at radius 1 is 0.306 bits per heavy atom. The van der Waals surface area contributed by atoms with Crippen molar-refractivity contribution >= 4 is 232 Å². The highest BCUT2D eigenvalue weighted by atomic mass is 15.1. The molecule has 9 aromatic rings. The maximum absolute atomic E-state index is 6.80. The van der Waals surface area contributed by atoms with Crippen molar-refractivity contribution in [1.82, 2.24) is 9.55 Å². The van der Waals surface area contributed by atoms with Gasteiger partial charge in [-0.25, -0.2) is 4.98 Å². The summed E-state index contributed by atoms with van der Waals surface area (Å²) in [5.74, 6) is 0.432. The predicted octanol–water partition coefficient (Wildman–Crippen LogP) is -6.09. The molecule has 0 saturated carbocycles. The smallest absolute Gasteiger partial charge is 0.144 e. The Hall–Kier alpha value is -5.28. The fraction of sp³-hybridized carbons (Fsp3) is 0. The number of nitrogens with zero attached hydrogens (tertiary/aromatic N) is 2. The Kier molecular flexibility index (Phi) is 10.5. The predicted molar refractivity (Wildman–Crippen MR) is 279 cm³/mol. The standard InChI is InChI=1S/C45H15B15N2/c46-30-27(31(47)37(53)42(58)36(30)52)25-19-5-1-2-6-20(19)26(28-32(48)38(54)43(59)39(55)33(28)49)22-15-17(11-14-21(22)25)16-9-12-18(13-10-16)62-24-8-4-3-7-23(24)61-45(62)29-34(50)40(56)44(60)41(57)35(29)51/h1-15H. The first-order valence-electron chi connectivity index (χ1n) is 19.2. The molecule has 30 radical (unpaired) electrons. The summed E-state index contributed by atoms with van der Waals surface area (Å²) >= 11 is 0. The highest BCUT2D eigenvalue weighted by molar-refractivity contribution is 6.71. The first-order chi connectivity index (χ1) is 29.5. The normalized spacial score (nSPS) is 11.5. The molecule has 9 rings (SSSR count). The van der Waals surface area contributed by atoms with E-state index >= 15 is 0 Å². The van der Waals surface area contributed by atoms with E-state index in [9.17, 15) is 0 Å². The molecular weight excluding hydrogens is 731 g/mol. The molecule has 17 heteroatoms. The van der Waals surface area contributed by atoms with Crippen molar-refractivity contribution in [2.45, 2.75) is 0 Å². The van der Waals surface area contributed by atoms with E-state index in [4.69, 9.17) is 123 Å². The number of benzene rings is 8. The molecule has 250 valence electrons. The average molecular weight is 746 g/mol. The summed E-state index contributed by atoms with van der Waals surface area (Å²) in [6, 6.07) is 29.1. The Bertz CT molecular complexity index is 3330. The maximum Gasteiger partial charge on any atom is 0.144 e. The number of fused-ring (bicyclic) bond motifs is 3. The average Bonchev–Trinajstić information content (AvgIpc) is 3.67. The summed E-state index contributed by atoms with van der Waals surface area (Å²) in [5, 5.41) is 2.86. The summed E-state index contributed by atoms with van der Waals surface area (Å²) in [5.41, 5.74) is 8.37. The minimum absolute atomic E-state index is 0.0886. The molecule has 0 spiro atoms. The third kappa shape index (κ3) is 6.19. The van der Waals surface area contributed by atoms with Crippen molar-refractivity contribution in [2.75, 3.05) is 0 Å². The van der Waals surface area contributed by atoms with E-state index in [2.05, 4.69) is 0 Å². The SMILES string of the molecule is [B]c1c([B])c([B])c(-c2c3ccccc3c(-c3c([B])c([B])c([B])c([B])c3[B])c3cc(-c4ccc(-n5c(-c6c([B])c([B])c([B])c([B])c6[B])nc6ccccc65)cc4)ccc23)c([B])c1[B]. The van der Waals surface area contributed by atoms with Crippen molar-refractivity contribution < 1.29 is 0 Å². The summed E-state index contributed by atoms with van der Waals surface area (Å²) in [6.45, 7) is 0. The van der Waals surface area contributed by atoms with Gasteiger partial charge < -0.3 is 0 Å². The van der Waals surface area contributed by atoms with Crippen molar-refractivity contribution in [1.29, 1.82) is 0 Å². The molecule has 0 atom stereocenters. The molecule has 1 heterocycles. The Balaban J connectivity index is 1.32. The van der Waals surface area contributed by atoms with E-state index in [0.29, 0.717) is 49.9 Å². The van der Waals surface area contributed by atoms with Crippen LogP contribution in [0.25, 0.3) is 83.0 Å². The van der Waals surface area contributed by atoms with E-state index in [0.717, 1.165) is 33.1 Å². The van der Waals surface area contributed by atoms with Gasteiger partial charge in [-0.15, -0.1) is 49.2 Å². The molecule has 0 saturated heterocycles. The van der Waals surface area contributed by atoms with Crippen LogP contribution in [0.4, 0.5) is 0 Å². The van der Waals surface area contributed by atoms with Gasteiger partial charge in [0.25, 0.3) is 0 Å². The van der Waals surface area contributed by atoms with Gasteiger partial charge in [0.05, 0.1) is 11.0 Å². The Morgan fingerprint density at radius 2 is 0.677 bits per heavy atom. The molecule has 0 aliphatic heterocycles. The molecule has 0 aliphatic carbocycles. The van der Waals surface area contributed by atoms with E-state index < -0.39 is 0 Å². The number of aromatic nitrogens is 2. The second-order valence-electron chi connectivity index (χ2n) is 15.2. The van der Waals surface area contributed by atoms with Gasteiger partial charge in [0, 0.05) is 11.3 Å². The fourth-order valence-corrected chi connectivity index (χ4v) is 8.48. The molecule has 0 N–H and O–H groups in total. The van der Waals surface area contributed by atoms with Crippen molar-refractivity contribution in [3.8, 4) is 50.5 Å². The Labute approximate surface area is 381 Å². The monoisotopic (exact) mass is 748 g/mol. The maximum atomic E-state index is 6.80. The van der Waals surface area contributed by atoms with E-state index in [1.807, 2.05) is 95.6 Å². The topological polar surface area (TPSA) is 17.8 Å². The first-order valence-corrected chi connectivity index (χ1v) is 19.2. The molecule has 0 amide bonds. The number of imidazole rings is 1. The molecule has 0 unspecified atom stereocenters. The zero-order chi connectivity index (χ0) is 44.2. The lowest BCUT2D eigenvalue weighted by Gasteiger charge is -2.27. The number of hydrogen-bond donors (Lipinski definition) is 0. The molecular formula is C45H15B15N2. The van der Waals surface area contributed by atoms with E-state index in [1.165, 1.54) is 0 Å². The Morgan fingerprint density at radius 3 is 1.16 bits per heavy atom. The van der Waals surface area contributed by atoms with Crippen LogP contribution in [0.5, 0.6) is 0 Å².